The fourth-order valence-corrected chi connectivity index (χ4v) is 5.52. The molecule has 0 bridgehead atoms. The van der Waals surface area contributed by atoms with Crippen LogP contribution in [0.3, 0.4) is 0 Å². The van der Waals surface area contributed by atoms with E-state index in [9.17, 15) is 18.0 Å². The van der Waals surface area contributed by atoms with Gasteiger partial charge in [0.2, 0.25) is 5.91 Å². The number of aliphatic hydroxyl groups excluding tert-OH is 1. The van der Waals surface area contributed by atoms with E-state index in [4.69, 9.17) is 9.94 Å². The predicted octanol–water partition coefficient (Wildman–Crippen LogP) is 3.23. The molecule has 9 nitrogen and oxygen atoms in total. The number of aliphatic hydroxyl groups is 1. The summed E-state index contributed by atoms with van der Waals surface area (Å²) in [6.45, 7) is 1.22. The number of nitrogens with zero attached hydrogens (tertiary/aromatic N) is 2. The molecule has 2 amide bonds. The molecular weight excluding hydrogens is 506 g/mol. The summed E-state index contributed by atoms with van der Waals surface area (Å²) in [6, 6.07) is 22.5. The van der Waals surface area contributed by atoms with Crippen LogP contribution in [0, 0.1) is 5.92 Å². The second kappa shape index (κ2) is 12.6. The molecule has 38 heavy (non-hydrogen) atoms. The maximum Gasteiger partial charge on any atom is 0.295 e. The molecule has 0 radical (unpaired) electrons. The first-order valence-electron chi connectivity index (χ1n) is 12.5. The lowest BCUT2D eigenvalue weighted by Crippen LogP contribution is -2.44. The normalized spacial score (nSPS) is 14.1. The van der Waals surface area contributed by atoms with Crippen LogP contribution in [0.1, 0.15) is 29.6 Å². The van der Waals surface area contributed by atoms with E-state index in [1.807, 2.05) is 0 Å². The van der Waals surface area contributed by atoms with Crippen molar-refractivity contribution in [3.05, 3.63) is 90.5 Å². The van der Waals surface area contributed by atoms with Gasteiger partial charge in [-0.2, -0.15) is 8.42 Å². The van der Waals surface area contributed by atoms with Crippen LogP contribution in [0.5, 0.6) is 5.75 Å². The molecule has 1 aliphatic rings. The molecule has 0 aliphatic carbocycles. The monoisotopic (exact) mass is 537 g/mol. The molecule has 10 heteroatoms. The van der Waals surface area contributed by atoms with E-state index in [2.05, 4.69) is 5.32 Å². The van der Waals surface area contributed by atoms with Gasteiger partial charge < -0.3 is 20.2 Å². The van der Waals surface area contributed by atoms with Gasteiger partial charge in [0.1, 0.15) is 0 Å². The second-order valence-corrected chi connectivity index (χ2v) is 10.8. The van der Waals surface area contributed by atoms with Crippen molar-refractivity contribution in [2.45, 2.75) is 24.2 Å². The van der Waals surface area contributed by atoms with Gasteiger partial charge >= 0.3 is 0 Å². The highest BCUT2D eigenvalue weighted by Gasteiger charge is 2.28. The van der Waals surface area contributed by atoms with E-state index in [-0.39, 0.29) is 29.5 Å². The Labute approximate surface area is 222 Å². The van der Waals surface area contributed by atoms with Crippen molar-refractivity contribution in [1.82, 2.24) is 10.2 Å². The third-order valence-corrected chi connectivity index (χ3v) is 8.03. The lowest BCUT2D eigenvalue weighted by atomic mass is 9.94. The number of para-hydroxylation sites is 2. The molecule has 0 atom stereocenters. The van der Waals surface area contributed by atoms with E-state index >= 15 is 0 Å². The fourth-order valence-electron chi connectivity index (χ4n) is 4.26. The van der Waals surface area contributed by atoms with Gasteiger partial charge in [-0.05, 0) is 73.7 Å². The summed E-state index contributed by atoms with van der Waals surface area (Å²) in [5.41, 5.74) is 0.547. The molecule has 1 fully saturated rings. The molecular formula is C28H31N3O6S. The predicted molar refractivity (Wildman–Crippen MR) is 143 cm³/mol. The average molecular weight is 538 g/mol. The van der Waals surface area contributed by atoms with Gasteiger partial charge in [-0.1, -0.05) is 40.9 Å². The Bertz CT molecular complexity index is 1310. The molecule has 2 N–H and O–H groups in total. The minimum Gasteiger partial charge on any atom is -0.396 e. The highest BCUT2D eigenvalue weighted by molar-refractivity contribution is 7.92. The Kier molecular flexibility index (Phi) is 8.98. The third kappa shape index (κ3) is 6.70. The van der Waals surface area contributed by atoms with E-state index in [0.717, 1.165) is 23.7 Å². The number of carbonyl (C=O) groups is 2. The van der Waals surface area contributed by atoms with Crippen LogP contribution in [0.2, 0.25) is 0 Å². The van der Waals surface area contributed by atoms with Gasteiger partial charge in [0.15, 0.2) is 5.75 Å². The van der Waals surface area contributed by atoms with E-state index in [1.165, 1.54) is 24.3 Å². The first-order valence-corrected chi connectivity index (χ1v) is 13.9. The van der Waals surface area contributed by atoms with E-state index in [0.29, 0.717) is 30.4 Å². The van der Waals surface area contributed by atoms with Crippen LogP contribution >= 0.6 is 0 Å². The van der Waals surface area contributed by atoms with Crippen LogP contribution in [0.25, 0.3) is 0 Å². The summed E-state index contributed by atoms with van der Waals surface area (Å²) < 4.78 is 27.9. The highest BCUT2D eigenvalue weighted by Crippen LogP contribution is 2.26. The lowest BCUT2D eigenvalue weighted by molar-refractivity contribution is -0.131. The summed E-state index contributed by atoms with van der Waals surface area (Å²) in [4.78, 5) is 32.5. The van der Waals surface area contributed by atoms with Crippen molar-refractivity contribution in [3.63, 3.8) is 0 Å². The van der Waals surface area contributed by atoms with Gasteiger partial charge in [-0.3, -0.25) is 9.59 Å². The van der Waals surface area contributed by atoms with Crippen LogP contribution < -0.4 is 14.6 Å². The third-order valence-electron chi connectivity index (χ3n) is 6.44. The Balaban J connectivity index is 1.41. The molecule has 0 unspecified atom stereocenters. The Hall–Kier alpha value is -3.89. The Morgan fingerprint density at radius 2 is 1.53 bits per heavy atom. The molecule has 0 saturated carbocycles. The number of hydrogen-bond donors (Lipinski definition) is 2. The molecule has 200 valence electrons. The van der Waals surface area contributed by atoms with Crippen LogP contribution in [0.4, 0.5) is 5.69 Å². The number of hydrogen-bond acceptors (Lipinski definition) is 6. The molecule has 3 aromatic carbocycles. The molecule has 0 spiro atoms. The van der Waals surface area contributed by atoms with Crippen molar-refractivity contribution < 1.29 is 28.0 Å². The van der Waals surface area contributed by atoms with Crippen molar-refractivity contribution in [3.8, 4) is 5.75 Å². The summed E-state index contributed by atoms with van der Waals surface area (Å²) in [5.74, 6) is 0.122. The molecule has 4 rings (SSSR count). The zero-order valence-electron chi connectivity index (χ0n) is 20.9. The number of benzene rings is 3. The number of carbonyl (C=O) groups excluding carboxylic acids is 2. The van der Waals surface area contributed by atoms with Crippen LogP contribution in [-0.2, 0) is 14.8 Å². The average Bonchev–Trinajstić information content (AvgIpc) is 2.96. The summed E-state index contributed by atoms with van der Waals surface area (Å²) in [6.07, 6.45) is 2.42. The largest absolute Gasteiger partial charge is 0.396 e. The van der Waals surface area contributed by atoms with Gasteiger partial charge in [0.25, 0.3) is 15.9 Å². The number of rotatable bonds is 10. The molecule has 3 aromatic rings. The van der Waals surface area contributed by atoms with E-state index in [1.54, 1.807) is 65.6 Å². The number of piperidine rings is 1. The topological polar surface area (TPSA) is 116 Å². The number of likely N-dealkylation sites (tertiary alicyclic amines) is 1. The fraction of sp³-hybridized carbons (Fsp3) is 0.286. The smallest absolute Gasteiger partial charge is 0.295 e. The number of sulfonamides is 1. The Morgan fingerprint density at radius 3 is 2.13 bits per heavy atom. The lowest BCUT2D eigenvalue weighted by Gasteiger charge is -2.31. The summed E-state index contributed by atoms with van der Waals surface area (Å²) in [5, 5.41) is 11.7. The van der Waals surface area contributed by atoms with Crippen molar-refractivity contribution in [2.24, 2.45) is 5.92 Å². The summed E-state index contributed by atoms with van der Waals surface area (Å²) in [7, 11) is -4.14. The zero-order valence-corrected chi connectivity index (χ0v) is 21.7. The van der Waals surface area contributed by atoms with Crippen molar-refractivity contribution in [2.75, 3.05) is 30.7 Å². The zero-order chi connectivity index (χ0) is 27.0. The minimum absolute atomic E-state index is 0.0596. The molecule has 1 aliphatic heterocycles. The standard InChI is InChI=1S/C28H31N3O6S/c32-20-17-22-15-18-30(19-16-22)27(33)21-29-28(34)23-11-13-26(14-12-23)38(35,36)31(24-7-3-1-4-8-24)37-25-9-5-2-6-10-25/h1-14,22,32H,15-21H2,(H,29,34). The minimum atomic E-state index is -4.14. The molecule has 1 heterocycles. The van der Waals surface area contributed by atoms with Gasteiger partial charge in [-0.25, -0.2) is 0 Å². The van der Waals surface area contributed by atoms with Crippen LogP contribution in [0.15, 0.2) is 89.8 Å². The highest BCUT2D eigenvalue weighted by atomic mass is 32.2. The van der Waals surface area contributed by atoms with Gasteiger partial charge in [0, 0.05) is 25.3 Å². The van der Waals surface area contributed by atoms with Gasteiger partial charge in [-0.15, -0.1) is 0 Å². The van der Waals surface area contributed by atoms with Gasteiger partial charge in [0.05, 0.1) is 17.1 Å². The SMILES string of the molecule is O=C(NCC(=O)N1CCC(CCO)CC1)c1ccc(S(=O)(=O)N(Oc2ccccc2)c2ccccc2)cc1. The second-order valence-electron chi connectivity index (χ2n) is 9.02. The maximum absolute atomic E-state index is 13.5. The summed E-state index contributed by atoms with van der Waals surface area (Å²) >= 11 is 0. The maximum atomic E-state index is 13.5. The first kappa shape index (κ1) is 27.2. The Morgan fingerprint density at radius 1 is 0.921 bits per heavy atom. The first-order chi connectivity index (χ1) is 18.4. The molecule has 1 saturated heterocycles. The van der Waals surface area contributed by atoms with Crippen molar-refractivity contribution >= 4 is 27.5 Å². The van der Waals surface area contributed by atoms with E-state index < -0.39 is 15.9 Å². The number of nitrogens with one attached hydrogen (secondary N) is 1. The quantitative estimate of drug-likeness (QED) is 0.384. The van der Waals surface area contributed by atoms with Crippen molar-refractivity contribution in [1.29, 1.82) is 0 Å². The number of amides is 2. The molecule has 0 aromatic heterocycles. The van der Waals surface area contributed by atoms with Crippen LogP contribution in [-0.4, -0.2) is 56.5 Å². The number of anilines is 1.